The maximum absolute atomic E-state index is 9.47. The van der Waals surface area contributed by atoms with Crippen molar-refractivity contribution in [1.82, 2.24) is 0 Å². The van der Waals surface area contributed by atoms with Crippen LogP contribution in [0.15, 0.2) is 121 Å². The van der Waals surface area contributed by atoms with Crippen LogP contribution in [0.5, 0.6) is 0 Å². The van der Waals surface area contributed by atoms with Crippen LogP contribution in [0.4, 0.5) is 3.16 Å². The summed E-state index contributed by atoms with van der Waals surface area (Å²) in [5.74, 6) is 0. The van der Waals surface area contributed by atoms with Crippen LogP contribution in [0.1, 0.15) is 0 Å². The first-order chi connectivity index (χ1) is 14.9. The number of hydrogen-bond donors (Lipinski definition) is 0. The third-order valence-corrected chi connectivity index (χ3v) is 10.2. The van der Waals surface area contributed by atoms with Gasteiger partial charge in [0.05, 0.1) is 0 Å². The molecule has 4 heteroatoms. The van der Waals surface area contributed by atoms with E-state index in [1.54, 1.807) is 0 Å². The largest absolute Gasteiger partial charge is 0.0622 e. The Labute approximate surface area is 201 Å². The van der Waals surface area contributed by atoms with Crippen molar-refractivity contribution in [3.8, 4) is 0 Å². The SMILES string of the molecule is [CH3-].[F][Pt+].c1ccc(P(CCP(c2ccccc2)c2ccccc2)c2ccccc2)cc1. The summed E-state index contributed by atoms with van der Waals surface area (Å²) in [6.07, 6.45) is 2.41. The summed E-state index contributed by atoms with van der Waals surface area (Å²) in [5.41, 5.74) is 0. The Morgan fingerprint density at radius 3 is 0.806 bits per heavy atom. The topological polar surface area (TPSA) is 0 Å². The quantitative estimate of drug-likeness (QED) is 0.171. The van der Waals surface area contributed by atoms with Gasteiger partial charge in [-0.25, -0.2) is 0 Å². The van der Waals surface area contributed by atoms with Crippen molar-refractivity contribution in [1.29, 1.82) is 0 Å². The molecule has 4 rings (SSSR count). The van der Waals surface area contributed by atoms with Crippen LogP contribution in [0.2, 0.25) is 0 Å². The number of benzene rings is 4. The first-order valence-electron chi connectivity index (χ1n) is 9.79. The molecule has 4 aromatic rings. The molecule has 0 amide bonds. The van der Waals surface area contributed by atoms with E-state index in [1.807, 2.05) is 0 Å². The molecule has 0 radical (unpaired) electrons. The summed E-state index contributed by atoms with van der Waals surface area (Å²) in [6, 6.07) is 44.2. The number of hydrogen-bond acceptors (Lipinski definition) is 0. The standard InChI is InChI=1S/C26H24P2.CH3.FH.Pt/c1-5-13-23(14-6-1)27(24-15-7-2-8-16-24)21-22-28(25-17-9-3-10-18-25)26-19-11-4-12-20-26;;;/h1-20H,21-22H2;1H3;1H;/q;-1;;+2/p-1. The minimum atomic E-state index is -0.348. The van der Waals surface area contributed by atoms with Gasteiger partial charge in [0.25, 0.3) is 0 Å². The molecule has 4 aromatic carbocycles. The van der Waals surface area contributed by atoms with Gasteiger partial charge in [-0.3, -0.25) is 0 Å². The molecule has 162 valence electrons. The summed E-state index contributed by atoms with van der Waals surface area (Å²) < 4.78 is 9.47. The monoisotopic (exact) mass is 627 g/mol. The van der Waals surface area contributed by atoms with Crippen LogP contribution in [-0.2, 0) is 20.3 Å². The minimum Gasteiger partial charge on any atom is -0.0622 e. The molecule has 0 spiro atoms. The van der Waals surface area contributed by atoms with Gasteiger partial charge < -0.3 is 7.43 Å². The van der Waals surface area contributed by atoms with E-state index in [4.69, 9.17) is 0 Å². The van der Waals surface area contributed by atoms with E-state index in [0.717, 1.165) is 0 Å². The molecule has 31 heavy (non-hydrogen) atoms. The fourth-order valence-corrected chi connectivity index (χ4v) is 8.80. The van der Waals surface area contributed by atoms with Gasteiger partial charge in [0, 0.05) is 0 Å². The molecule has 0 saturated carbocycles. The first kappa shape index (κ1) is 25.6. The Bertz CT molecular complexity index is 805. The third-order valence-electron chi connectivity index (χ3n) is 4.82. The normalized spacial score (nSPS) is 10.2. The second-order valence-electron chi connectivity index (χ2n) is 6.65. The Morgan fingerprint density at radius 2 is 0.613 bits per heavy atom. The Hall–Kier alpha value is -1.64. The molecule has 0 bridgehead atoms. The van der Waals surface area contributed by atoms with Gasteiger partial charge in [-0.1, -0.05) is 121 Å². The summed E-state index contributed by atoms with van der Waals surface area (Å²) >= 11 is 0.639. The van der Waals surface area contributed by atoms with Crippen molar-refractivity contribution in [3.05, 3.63) is 129 Å². The number of rotatable bonds is 7. The molecule has 0 aromatic heterocycles. The van der Waals surface area contributed by atoms with Gasteiger partial charge in [-0.2, -0.15) is 0 Å². The zero-order chi connectivity index (χ0) is 21.0. The van der Waals surface area contributed by atoms with Crippen LogP contribution >= 0.6 is 15.8 Å². The van der Waals surface area contributed by atoms with Crippen LogP contribution in [-0.4, -0.2) is 12.3 Å². The average Bonchev–Trinajstić information content (AvgIpc) is 2.85. The van der Waals surface area contributed by atoms with Gasteiger partial charge in [0.2, 0.25) is 0 Å². The van der Waals surface area contributed by atoms with E-state index in [2.05, 4.69) is 121 Å². The molecule has 0 atom stereocenters. The summed E-state index contributed by atoms with van der Waals surface area (Å²) in [7, 11) is -0.696. The molecule has 0 aliphatic rings. The third kappa shape index (κ3) is 7.47. The smallest absolute Gasteiger partial charge is 0.0195 e. The number of halogens is 1. The Balaban J connectivity index is 0.00000111. The molecule has 0 saturated heterocycles. The van der Waals surface area contributed by atoms with Gasteiger partial charge in [0.1, 0.15) is 0 Å². The Morgan fingerprint density at radius 1 is 0.419 bits per heavy atom. The van der Waals surface area contributed by atoms with Crippen molar-refractivity contribution in [2.75, 3.05) is 12.3 Å². The van der Waals surface area contributed by atoms with Crippen molar-refractivity contribution in [2.45, 2.75) is 0 Å². The zero-order valence-electron chi connectivity index (χ0n) is 17.5. The predicted octanol–water partition coefficient (Wildman–Crippen LogP) is 6.12. The van der Waals surface area contributed by atoms with Gasteiger partial charge in [-0.15, -0.1) is 0 Å². The van der Waals surface area contributed by atoms with Crippen LogP contribution in [0, 0.1) is 7.43 Å². The molecule has 0 nitrogen and oxygen atoms in total. The molecule has 0 fully saturated rings. The van der Waals surface area contributed by atoms with E-state index >= 15 is 0 Å². The van der Waals surface area contributed by atoms with E-state index in [0.29, 0.717) is 20.3 Å². The van der Waals surface area contributed by atoms with E-state index in [1.165, 1.54) is 33.5 Å². The maximum atomic E-state index is 9.47. The molecule has 0 heterocycles. The van der Waals surface area contributed by atoms with E-state index < -0.39 is 0 Å². The van der Waals surface area contributed by atoms with Gasteiger partial charge in [-0.05, 0) is 49.4 Å². The van der Waals surface area contributed by atoms with Crippen LogP contribution in [0.3, 0.4) is 0 Å². The zero-order valence-corrected chi connectivity index (χ0v) is 21.6. The van der Waals surface area contributed by atoms with Crippen LogP contribution < -0.4 is 21.2 Å². The predicted molar refractivity (Wildman–Crippen MR) is 135 cm³/mol. The molecular formula is C27H27FP2Pt. The van der Waals surface area contributed by atoms with Crippen molar-refractivity contribution < 1.29 is 23.5 Å². The molecular weight excluding hydrogens is 600 g/mol. The summed E-state index contributed by atoms with van der Waals surface area (Å²) in [6.45, 7) is 0. The van der Waals surface area contributed by atoms with Gasteiger partial charge in [0.15, 0.2) is 0 Å². The fraction of sp³-hybridized carbons (Fsp3) is 0.0741. The van der Waals surface area contributed by atoms with E-state index in [9.17, 15) is 3.16 Å². The van der Waals surface area contributed by atoms with Crippen molar-refractivity contribution in [3.63, 3.8) is 0 Å². The molecule has 0 N–H and O–H groups in total. The van der Waals surface area contributed by atoms with Crippen molar-refractivity contribution in [2.24, 2.45) is 0 Å². The molecule has 0 unspecified atom stereocenters. The molecule has 0 aliphatic carbocycles. The minimum absolute atomic E-state index is 0. The fourth-order valence-electron chi connectivity index (χ4n) is 3.45. The summed E-state index contributed by atoms with van der Waals surface area (Å²) in [5, 5.41) is 5.89. The Kier molecular flexibility index (Phi) is 11.9. The average molecular weight is 628 g/mol. The van der Waals surface area contributed by atoms with Crippen LogP contribution in [0.25, 0.3) is 0 Å². The second kappa shape index (κ2) is 14.4. The van der Waals surface area contributed by atoms with Crippen molar-refractivity contribution >= 4 is 37.1 Å². The molecule has 0 aliphatic heterocycles. The maximum Gasteiger partial charge on any atom is -0.0195 e. The van der Waals surface area contributed by atoms with Gasteiger partial charge >= 0.3 is 23.5 Å². The first-order valence-corrected chi connectivity index (χ1v) is 13.7. The second-order valence-corrected chi connectivity index (χ2v) is 11.3. The van der Waals surface area contributed by atoms with E-state index in [-0.39, 0.29) is 23.3 Å². The summed E-state index contributed by atoms with van der Waals surface area (Å²) in [4.78, 5) is 0.